The molecule has 0 saturated heterocycles. The molecular formula is C28H27F2N5O2. The van der Waals surface area contributed by atoms with Crippen molar-refractivity contribution in [2.24, 2.45) is 0 Å². The van der Waals surface area contributed by atoms with E-state index in [1.54, 1.807) is 36.4 Å². The quantitative estimate of drug-likeness (QED) is 0.388. The Hall–Kier alpha value is -4.14. The summed E-state index contributed by atoms with van der Waals surface area (Å²) in [6.45, 7) is -0.323. The Morgan fingerprint density at radius 3 is 2.35 bits per heavy atom. The van der Waals surface area contributed by atoms with Crippen molar-refractivity contribution in [3.63, 3.8) is 0 Å². The van der Waals surface area contributed by atoms with Gasteiger partial charge >= 0.3 is 0 Å². The number of benzene rings is 3. The Balaban J connectivity index is 1.58. The predicted octanol–water partition coefficient (Wildman–Crippen LogP) is 4.93. The van der Waals surface area contributed by atoms with Gasteiger partial charge in [-0.1, -0.05) is 66.9 Å². The Labute approximate surface area is 213 Å². The van der Waals surface area contributed by atoms with E-state index in [0.29, 0.717) is 11.0 Å². The zero-order valence-electron chi connectivity index (χ0n) is 20.2. The van der Waals surface area contributed by atoms with Crippen LogP contribution < -0.4 is 10.2 Å². The molecule has 9 heteroatoms. The van der Waals surface area contributed by atoms with Gasteiger partial charge in [0.05, 0.1) is 11.2 Å². The number of carbonyl (C=O) groups excluding carboxylic acids is 2. The van der Waals surface area contributed by atoms with Crippen LogP contribution in [0.4, 0.5) is 14.5 Å². The number of amides is 2. The summed E-state index contributed by atoms with van der Waals surface area (Å²) in [6.07, 6.45) is 4.65. The van der Waals surface area contributed by atoms with E-state index in [9.17, 15) is 9.59 Å². The zero-order chi connectivity index (χ0) is 25.8. The van der Waals surface area contributed by atoms with Gasteiger partial charge in [-0.3, -0.25) is 14.5 Å². The van der Waals surface area contributed by atoms with Crippen molar-refractivity contribution >= 4 is 28.5 Å². The molecule has 1 fully saturated rings. The second-order valence-electron chi connectivity index (χ2n) is 9.22. The molecule has 2 amide bonds. The van der Waals surface area contributed by atoms with E-state index in [0.717, 1.165) is 37.0 Å². The number of para-hydroxylation sites is 2. The van der Waals surface area contributed by atoms with E-state index >= 15 is 8.78 Å². The molecule has 1 aliphatic rings. The van der Waals surface area contributed by atoms with Crippen LogP contribution in [0.15, 0.2) is 72.8 Å². The first kappa shape index (κ1) is 24.5. The van der Waals surface area contributed by atoms with Gasteiger partial charge in [-0.2, -0.15) is 0 Å². The number of anilines is 1. The number of fused-ring (bicyclic) bond motifs is 1. The molecule has 3 aromatic carbocycles. The summed E-state index contributed by atoms with van der Waals surface area (Å²) in [7, 11) is 0. The van der Waals surface area contributed by atoms with Crippen LogP contribution in [-0.4, -0.2) is 32.9 Å². The number of nitrogens with one attached hydrogen (secondary N) is 1. The van der Waals surface area contributed by atoms with Crippen LogP contribution in [0.2, 0.25) is 0 Å². The maximum Gasteiger partial charge on any atom is 0.249 e. The minimum absolute atomic E-state index is 0.0177. The van der Waals surface area contributed by atoms with Gasteiger partial charge in [-0.15, -0.1) is 5.10 Å². The third-order valence-electron chi connectivity index (χ3n) is 6.74. The van der Waals surface area contributed by atoms with Crippen LogP contribution in [0.5, 0.6) is 0 Å². The Morgan fingerprint density at radius 2 is 1.59 bits per heavy atom. The Bertz CT molecular complexity index is 1420. The number of aromatic nitrogens is 3. The SMILES string of the molecule is O=C(NC1CCCCC1)[C@@H](c1ccccc1F)N(C(=O)Cn1nnc2ccccc21)c1ccccc1F. The monoisotopic (exact) mass is 503 g/mol. The maximum atomic E-state index is 15.2. The van der Waals surface area contributed by atoms with E-state index in [1.807, 2.05) is 0 Å². The molecule has 4 aromatic rings. The van der Waals surface area contributed by atoms with E-state index in [1.165, 1.54) is 41.1 Å². The first-order valence-corrected chi connectivity index (χ1v) is 12.4. The van der Waals surface area contributed by atoms with Crippen molar-refractivity contribution in [1.82, 2.24) is 20.3 Å². The highest BCUT2D eigenvalue weighted by molar-refractivity contribution is 6.01. The second kappa shape index (κ2) is 10.9. The van der Waals surface area contributed by atoms with Crippen molar-refractivity contribution in [3.05, 3.63) is 90.0 Å². The molecule has 5 rings (SSSR count). The van der Waals surface area contributed by atoms with Crippen LogP contribution in [0.25, 0.3) is 11.0 Å². The summed E-state index contributed by atoms with van der Waals surface area (Å²) in [4.78, 5) is 28.7. The normalized spacial score (nSPS) is 14.9. The molecule has 1 aliphatic carbocycles. The molecule has 0 aliphatic heterocycles. The third kappa shape index (κ3) is 5.21. The molecule has 0 unspecified atom stereocenters. The standard InChI is InChI=1S/C28H27F2N5O2/c29-21-13-5-4-12-20(21)27(28(37)31-19-10-2-1-3-11-19)35(24-16-8-6-14-22(24)30)26(36)18-34-25-17-9-7-15-23(25)32-33-34/h4-9,12-17,19,27H,1-3,10-11,18H2,(H,31,37)/t27-/m1/s1. The highest BCUT2D eigenvalue weighted by Crippen LogP contribution is 2.32. The van der Waals surface area contributed by atoms with Gasteiger partial charge in [-0.25, -0.2) is 13.5 Å². The number of hydrogen-bond donors (Lipinski definition) is 1. The predicted molar refractivity (Wildman–Crippen MR) is 136 cm³/mol. The minimum atomic E-state index is -1.43. The summed E-state index contributed by atoms with van der Waals surface area (Å²) >= 11 is 0. The van der Waals surface area contributed by atoms with E-state index < -0.39 is 29.5 Å². The van der Waals surface area contributed by atoms with Gasteiger partial charge in [-0.05, 0) is 43.2 Å². The van der Waals surface area contributed by atoms with E-state index in [-0.39, 0.29) is 23.8 Å². The molecule has 1 N–H and O–H groups in total. The highest BCUT2D eigenvalue weighted by atomic mass is 19.1. The van der Waals surface area contributed by atoms with Gasteiger partial charge in [0.2, 0.25) is 11.8 Å². The topological polar surface area (TPSA) is 80.1 Å². The van der Waals surface area contributed by atoms with E-state index in [4.69, 9.17) is 0 Å². The van der Waals surface area contributed by atoms with E-state index in [2.05, 4.69) is 15.6 Å². The number of nitrogens with zero attached hydrogens (tertiary/aromatic N) is 4. The van der Waals surface area contributed by atoms with Crippen molar-refractivity contribution in [3.8, 4) is 0 Å². The molecule has 0 radical (unpaired) electrons. The fourth-order valence-corrected chi connectivity index (χ4v) is 4.92. The largest absolute Gasteiger partial charge is 0.351 e. The van der Waals surface area contributed by atoms with Gasteiger partial charge in [0, 0.05) is 11.6 Å². The molecule has 1 saturated carbocycles. The minimum Gasteiger partial charge on any atom is -0.351 e. The number of rotatable bonds is 7. The van der Waals surface area contributed by atoms with Gasteiger partial charge < -0.3 is 5.32 Å². The van der Waals surface area contributed by atoms with Crippen molar-refractivity contribution in [1.29, 1.82) is 0 Å². The zero-order valence-corrected chi connectivity index (χ0v) is 20.2. The first-order valence-electron chi connectivity index (χ1n) is 12.4. The van der Waals surface area contributed by atoms with Crippen LogP contribution in [0, 0.1) is 11.6 Å². The average Bonchev–Trinajstić information content (AvgIpc) is 3.31. The highest BCUT2D eigenvalue weighted by Gasteiger charge is 2.37. The van der Waals surface area contributed by atoms with Crippen molar-refractivity contribution < 1.29 is 18.4 Å². The third-order valence-corrected chi connectivity index (χ3v) is 6.74. The summed E-state index contributed by atoms with van der Waals surface area (Å²) < 4.78 is 31.7. The Kier molecular flexibility index (Phi) is 7.20. The number of hydrogen-bond acceptors (Lipinski definition) is 4. The molecule has 190 valence electrons. The van der Waals surface area contributed by atoms with Crippen molar-refractivity contribution in [2.45, 2.75) is 50.7 Å². The molecule has 37 heavy (non-hydrogen) atoms. The lowest BCUT2D eigenvalue weighted by atomic mass is 9.94. The summed E-state index contributed by atoms with van der Waals surface area (Å²) in [5.41, 5.74) is 1.06. The Morgan fingerprint density at radius 1 is 0.919 bits per heavy atom. The molecule has 1 heterocycles. The van der Waals surface area contributed by atoms with Crippen LogP contribution in [-0.2, 0) is 16.1 Å². The summed E-state index contributed by atoms with van der Waals surface area (Å²) in [5, 5.41) is 11.2. The fraction of sp³-hybridized carbons (Fsp3) is 0.286. The second-order valence-corrected chi connectivity index (χ2v) is 9.22. The molecular weight excluding hydrogens is 476 g/mol. The van der Waals surface area contributed by atoms with Crippen LogP contribution in [0.3, 0.4) is 0 Å². The summed E-state index contributed by atoms with van der Waals surface area (Å²) in [5.74, 6) is -2.55. The van der Waals surface area contributed by atoms with Crippen molar-refractivity contribution in [2.75, 3.05) is 4.90 Å². The molecule has 1 aromatic heterocycles. The van der Waals surface area contributed by atoms with Gasteiger partial charge in [0.15, 0.2) is 0 Å². The lowest BCUT2D eigenvalue weighted by Gasteiger charge is -2.33. The number of halogens is 2. The molecule has 0 spiro atoms. The maximum absolute atomic E-state index is 15.2. The molecule has 1 atom stereocenters. The van der Waals surface area contributed by atoms with Crippen LogP contribution in [0.1, 0.15) is 43.7 Å². The lowest BCUT2D eigenvalue weighted by Crippen LogP contribution is -2.48. The van der Waals surface area contributed by atoms with Gasteiger partial charge in [0.1, 0.15) is 29.7 Å². The number of carbonyl (C=O) groups is 2. The fourth-order valence-electron chi connectivity index (χ4n) is 4.92. The van der Waals surface area contributed by atoms with Crippen LogP contribution >= 0.6 is 0 Å². The smallest absolute Gasteiger partial charge is 0.249 e. The molecule has 0 bridgehead atoms. The average molecular weight is 504 g/mol. The molecule has 7 nitrogen and oxygen atoms in total. The first-order chi connectivity index (χ1) is 18.0. The lowest BCUT2D eigenvalue weighted by molar-refractivity contribution is -0.127. The van der Waals surface area contributed by atoms with Gasteiger partial charge in [0.25, 0.3) is 0 Å². The summed E-state index contributed by atoms with van der Waals surface area (Å²) in [6, 6.07) is 17.1.